The molecule has 2 nitrogen and oxygen atoms in total. The highest BCUT2D eigenvalue weighted by molar-refractivity contribution is 5.42. The summed E-state index contributed by atoms with van der Waals surface area (Å²) in [6.07, 6.45) is 0.526. The Balaban J connectivity index is 2.03. The zero-order valence-corrected chi connectivity index (χ0v) is 13.0. The van der Waals surface area contributed by atoms with E-state index in [-0.39, 0.29) is 6.04 Å². The van der Waals surface area contributed by atoms with E-state index in [2.05, 4.69) is 62.5 Å². The zero-order valence-electron chi connectivity index (χ0n) is 13.0. The van der Waals surface area contributed by atoms with Crippen molar-refractivity contribution in [3.8, 4) is 0 Å². The van der Waals surface area contributed by atoms with E-state index in [4.69, 9.17) is 0 Å². The number of hydrogen-bond donors (Lipinski definition) is 2. The highest BCUT2D eigenvalue weighted by atomic mass is 16.3. The SMILES string of the molecule is Cc1cc(C)c(C(O)C2NCCc3ccccc32)c(C)c1. The molecule has 2 heteroatoms. The van der Waals surface area contributed by atoms with Crippen LogP contribution in [0, 0.1) is 20.8 Å². The molecule has 0 aromatic heterocycles. The van der Waals surface area contributed by atoms with Crippen LogP contribution in [-0.4, -0.2) is 11.7 Å². The van der Waals surface area contributed by atoms with E-state index >= 15 is 0 Å². The monoisotopic (exact) mass is 281 g/mol. The van der Waals surface area contributed by atoms with Gasteiger partial charge in [0.05, 0.1) is 12.1 Å². The summed E-state index contributed by atoms with van der Waals surface area (Å²) >= 11 is 0. The first-order valence-corrected chi connectivity index (χ1v) is 7.65. The van der Waals surface area contributed by atoms with Gasteiger partial charge in [0, 0.05) is 0 Å². The van der Waals surface area contributed by atoms with Crippen LogP contribution in [-0.2, 0) is 6.42 Å². The molecule has 0 amide bonds. The van der Waals surface area contributed by atoms with Crippen molar-refractivity contribution >= 4 is 0 Å². The number of aliphatic hydroxyl groups is 1. The molecule has 3 rings (SSSR count). The predicted molar refractivity (Wildman–Crippen MR) is 86.5 cm³/mol. The Hall–Kier alpha value is -1.64. The number of aryl methyl sites for hydroxylation is 3. The van der Waals surface area contributed by atoms with E-state index < -0.39 is 6.10 Å². The smallest absolute Gasteiger partial charge is 0.0989 e. The molecule has 2 N–H and O–H groups in total. The van der Waals surface area contributed by atoms with Crippen molar-refractivity contribution in [3.63, 3.8) is 0 Å². The zero-order chi connectivity index (χ0) is 15.0. The van der Waals surface area contributed by atoms with Gasteiger partial charge < -0.3 is 10.4 Å². The number of aliphatic hydroxyl groups excluding tert-OH is 1. The van der Waals surface area contributed by atoms with Crippen molar-refractivity contribution in [1.29, 1.82) is 0 Å². The minimum Gasteiger partial charge on any atom is -0.386 e. The summed E-state index contributed by atoms with van der Waals surface area (Å²) in [6.45, 7) is 7.20. The fourth-order valence-corrected chi connectivity index (χ4v) is 3.64. The normalized spacial score (nSPS) is 19.1. The lowest BCUT2D eigenvalue weighted by atomic mass is 9.85. The van der Waals surface area contributed by atoms with Gasteiger partial charge in [0.25, 0.3) is 0 Å². The van der Waals surface area contributed by atoms with Gasteiger partial charge in [-0.1, -0.05) is 42.0 Å². The number of nitrogens with one attached hydrogen (secondary N) is 1. The highest BCUT2D eigenvalue weighted by Gasteiger charge is 2.28. The first-order chi connectivity index (χ1) is 10.1. The Kier molecular flexibility index (Phi) is 3.83. The standard InChI is InChI=1S/C19H23NO/c1-12-10-13(2)17(14(3)11-12)19(21)18-16-7-5-4-6-15(16)8-9-20-18/h4-7,10-11,18-21H,8-9H2,1-3H3. The average Bonchev–Trinajstić information content (AvgIpc) is 2.45. The van der Waals surface area contributed by atoms with Crippen LogP contribution >= 0.6 is 0 Å². The van der Waals surface area contributed by atoms with Crippen molar-refractivity contribution in [3.05, 3.63) is 69.8 Å². The Morgan fingerprint density at radius 3 is 2.48 bits per heavy atom. The van der Waals surface area contributed by atoms with Gasteiger partial charge in [-0.15, -0.1) is 0 Å². The van der Waals surface area contributed by atoms with Crippen LogP contribution in [0.5, 0.6) is 0 Å². The molecule has 1 heterocycles. The van der Waals surface area contributed by atoms with Crippen LogP contribution < -0.4 is 5.32 Å². The molecule has 2 atom stereocenters. The Morgan fingerprint density at radius 2 is 1.76 bits per heavy atom. The molecular formula is C19H23NO. The molecule has 0 spiro atoms. The molecule has 110 valence electrons. The summed E-state index contributed by atoms with van der Waals surface area (Å²) in [5.74, 6) is 0. The second-order valence-corrected chi connectivity index (χ2v) is 6.14. The first-order valence-electron chi connectivity index (χ1n) is 7.65. The second kappa shape index (κ2) is 5.63. The third kappa shape index (κ3) is 2.61. The average molecular weight is 281 g/mol. The lowest BCUT2D eigenvalue weighted by Gasteiger charge is -2.32. The molecule has 0 radical (unpaired) electrons. The van der Waals surface area contributed by atoms with Crippen LogP contribution in [0.2, 0.25) is 0 Å². The van der Waals surface area contributed by atoms with Gasteiger partial charge in [-0.05, 0) is 61.6 Å². The minimum absolute atomic E-state index is 0.0185. The van der Waals surface area contributed by atoms with E-state index in [1.165, 1.54) is 27.8 Å². The summed E-state index contributed by atoms with van der Waals surface area (Å²) in [4.78, 5) is 0. The van der Waals surface area contributed by atoms with Gasteiger partial charge in [0.15, 0.2) is 0 Å². The summed E-state index contributed by atoms with van der Waals surface area (Å²) < 4.78 is 0. The molecule has 0 saturated carbocycles. The van der Waals surface area contributed by atoms with Crippen LogP contribution in [0.15, 0.2) is 36.4 Å². The summed E-state index contributed by atoms with van der Waals surface area (Å²) in [5.41, 5.74) is 7.24. The quantitative estimate of drug-likeness (QED) is 0.882. The van der Waals surface area contributed by atoms with Crippen LogP contribution in [0.25, 0.3) is 0 Å². The molecule has 2 aromatic carbocycles. The van der Waals surface area contributed by atoms with Crippen LogP contribution in [0.1, 0.15) is 45.5 Å². The van der Waals surface area contributed by atoms with Gasteiger partial charge in [-0.25, -0.2) is 0 Å². The first kappa shape index (κ1) is 14.3. The maximum atomic E-state index is 11.0. The molecule has 2 unspecified atom stereocenters. The number of hydrogen-bond acceptors (Lipinski definition) is 2. The number of rotatable bonds is 2. The topological polar surface area (TPSA) is 32.3 Å². The van der Waals surface area contributed by atoms with Crippen molar-refractivity contribution in [2.75, 3.05) is 6.54 Å². The molecule has 21 heavy (non-hydrogen) atoms. The Labute approximate surface area is 126 Å². The van der Waals surface area contributed by atoms with E-state index in [0.717, 1.165) is 18.5 Å². The number of benzene rings is 2. The van der Waals surface area contributed by atoms with Gasteiger partial charge >= 0.3 is 0 Å². The van der Waals surface area contributed by atoms with Crippen molar-refractivity contribution in [2.45, 2.75) is 39.3 Å². The van der Waals surface area contributed by atoms with E-state index in [1.807, 2.05) is 0 Å². The number of fused-ring (bicyclic) bond motifs is 1. The van der Waals surface area contributed by atoms with Gasteiger partial charge in [-0.2, -0.15) is 0 Å². The molecule has 2 aromatic rings. The van der Waals surface area contributed by atoms with Crippen molar-refractivity contribution < 1.29 is 5.11 Å². The lowest BCUT2D eigenvalue weighted by Crippen LogP contribution is -2.34. The molecule has 1 aliphatic rings. The lowest BCUT2D eigenvalue weighted by molar-refractivity contribution is 0.124. The van der Waals surface area contributed by atoms with Gasteiger partial charge in [0.2, 0.25) is 0 Å². The highest BCUT2D eigenvalue weighted by Crippen LogP contribution is 2.36. The molecule has 0 bridgehead atoms. The third-order valence-electron chi connectivity index (χ3n) is 4.50. The van der Waals surface area contributed by atoms with Crippen molar-refractivity contribution in [2.24, 2.45) is 0 Å². The maximum absolute atomic E-state index is 11.0. The molecule has 0 aliphatic carbocycles. The third-order valence-corrected chi connectivity index (χ3v) is 4.50. The Morgan fingerprint density at radius 1 is 1.10 bits per heavy atom. The predicted octanol–water partition coefficient (Wildman–Crippen LogP) is 3.53. The van der Waals surface area contributed by atoms with Crippen molar-refractivity contribution in [1.82, 2.24) is 5.32 Å². The minimum atomic E-state index is -0.507. The van der Waals surface area contributed by atoms with Gasteiger partial charge in [0.1, 0.15) is 0 Å². The van der Waals surface area contributed by atoms with E-state index in [0.29, 0.717) is 0 Å². The maximum Gasteiger partial charge on any atom is 0.0989 e. The van der Waals surface area contributed by atoms with Crippen LogP contribution in [0.4, 0.5) is 0 Å². The summed E-state index contributed by atoms with van der Waals surface area (Å²) in [5, 5.41) is 14.5. The fourth-order valence-electron chi connectivity index (χ4n) is 3.64. The molecule has 0 saturated heterocycles. The molecular weight excluding hydrogens is 258 g/mol. The second-order valence-electron chi connectivity index (χ2n) is 6.14. The summed E-state index contributed by atoms with van der Waals surface area (Å²) in [7, 11) is 0. The summed E-state index contributed by atoms with van der Waals surface area (Å²) in [6, 6.07) is 12.7. The van der Waals surface area contributed by atoms with Crippen LogP contribution in [0.3, 0.4) is 0 Å². The molecule has 1 aliphatic heterocycles. The van der Waals surface area contributed by atoms with E-state index in [9.17, 15) is 5.11 Å². The largest absolute Gasteiger partial charge is 0.386 e. The van der Waals surface area contributed by atoms with E-state index in [1.54, 1.807) is 0 Å². The fraction of sp³-hybridized carbons (Fsp3) is 0.368. The Bertz CT molecular complexity index is 639. The van der Waals surface area contributed by atoms with Gasteiger partial charge in [-0.3, -0.25) is 0 Å². The molecule has 0 fully saturated rings.